The van der Waals surface area contributed by atoms with Crippen LogP contribution < -0.4 is 10.2 Å². The topological polar surface area (TPSA) is 96.8 Å². The van der Waals surface area contributed by atoms with Gasteiger partial charge < -0.3 is 15.1 Å². The zero-order valence-electron chi connectivity index (χ0n) is 16.3. The maximum absolute atomic E-state index is 13.4. The summed E-state index contributed by atoms with van der Waals surface area (Å²) in [5.74, 6) is -0.988. The summed E-state index contributed by atoms with van der Waals surface area (Å²) < 4.78 is 14.0. The van der Waals surface area contributed by atoms with E-state index in [-0.39, 0.29) is 11.1 Å². The number of carbonyl (C=O) groups is 3. The van der Waals surface area contributed by atoms with E-state index < -0.39 is 35.9 Å². The second-order valence-corrected chi connectivity index (χ2v) is 9.32. The molecule has 0 saturated carbocycles. The summed E-state index contributed by atoms with van der Waals surface area (Å²) >= 11 is 7.77. The number of imide groups is 1. The van der Waals surface area contributed by atoms with E-state index in [1.54, 1.807) is 28.0 Å². The number of hydrogen-bond donors (Lipinski definition) is 1. The molecule has 3 saturated heterocycles. The van der Waals surface area contributed by atoms with Gasteiger partial charge in [-0.3, -0.25) is 4.79 Å². The van der Waals surface area contributed by atoms with Gasteiger partial charge in [0.15, 0.2) is 0 Å². The Hall–Kier alpha value is -2.91. The van der Waals surface area contributed by atoms with E-state index in [1.807, 2.05) is 22.6 Å². The minimum atomic E-state index is -0.767. The monoisotopic (exact) mass is 565 g/mol. The summed E-state index contributed by atoms with van der Waals surface area (Å²) in [7, 11) is 0. The number of urea groups is 2. The lowest BCUT2D eigenvalue weighted by Crippen LogP contribution is -2.55. The molecule has 3 fully saturated rings. The van der Waals surface area contributed by atoms with Crippen molar-refractivity contribution in [1.82, 2.24) is 9.80 Å². The first-order valence-corrected chi connectivity index (χ1v) is 11.1. The molecule has 0 radical (unpaired) electrons. The van der Waals surface area contributed by atoms with Crippen LogP contribution in [-0.4, -0.2) is 52.4 Å². The fourth-order valence-corrected chi connectivity index (χ4v) is 5.43. The Morgan fingerprint density at radius 1 is 1.25 bits per heavy atom. The summed E-state index contributed by atoms with van der Waals surface area (Å²) in [4.78, 5) is 43.4. The molecule has 3 atom stereocenters. The Morgan fingerprint density at radius 3 is 2.72 bits per heavy atom. The largest absolute Gasteiger partial charge is 0.332 e. The predicted molar refractivity (Wildman–Crippen MR) is 122 cm³/mol. The molecule has 0 aliphatic carbocycles. The van der Waals surface area contributed by atoms with Crippen LogP contribution in [0.4, 0.5) is 25.4 Å². The number of hydrogen-bond acceptors (Lipinski definition) is 4. The molecule has 162 valence electrons. The zero-order valence-corrected chi connectivity index (χ0v) is 19.2. The van der Waals surface area contributed by atoms with E-state index in [0.29, 0.717) is 33.5 Å². The first kappa shape index (κ1) is 21.0. The number of rotatable bonds is 2. The Balaban J connectivity index is 1.38. The van der Waals surface area contributed by atoms with Gasteiger partial charge in [-0.25, -0.2) is 18.9 Å². The van der Waals surface area contributed by atoms with Crippen molar-refractivity contribution >= 4 is 63.5 Å². The number of fused-ring (bicyclic) bond motifs is 5. The third-order valence-corrected chi connectivity index (χ3v) is 7.21. The Labute approximate surface area is 200 Å². The third kappa shape index (κ3) is 3.10. The standard InChI is InChI=1S/C21H14ClFIN5O3/c22-14-5-11(2-4-15(14)23)26-20(31)27-9-13-7-17(27)18-19(30)29(21(32)28(13)18)12-3-1-10(8-25)16(24)6-12/h1-6,13,17-18H,7,9H2,(H,26,31). The van der Waals surface area contributed by atoms with E-state index in [2.05, 4.69) is 11.4 Å². The number of halogens is 3. The van der Waals surface area contributed by atoms with Crippen molar-refractivity contribution in [2.75, 3.05) is 16.8 Å². The Bertz CT molecular complexity index is 1230. The molecule has 2 aromatic carbocycles. The molecule has 3 aliphatic rings. The minimum Gasteiger partial charge on any atom is -0.317 e. The highest BCUT2D eigenvalue weighted by molar-refractivity contribution is 14.1. The number of nitriles is 1. The molecule has 3 aliphatic heterocycles. The van der Waals surface area contributed by atoms with Crippen molar-refractivity contribution in [3.8, 4) is 6.07 Å². The third-order valence-electron chi connectivity index (χ3n) is 6.03. The number of nitrogens with zero attached hydrogens (tertiary/aromatic N) is 4. The van der Waals surface area contributed by atoms with E-state index in [1.165, 1.54) is 12.1 Å². The molecule has 2 bridgehead atoms. The highest BCUT2D eigenvalue weighted by atomic mass is 127. The zero-order chi connectivity index (χ0) is 22.7. The van der Waals surface area contributed by atoms with Gasteiger partial charge in [-0.15, -0.1) is 0 Å². The molecular weight excluding hydrogens is 552 g/mol. The predicted octanol–water partition coefficient (Wildman–Crippen LogP) is 3.78. The molecule has 5 amide bonds. The minimum absolute atomic E-state index is 0.110. The molecule has 1 N–H and O–H groups in total. The van der Waals surface area contributed by atoms with Crippen molar-refractivity contribution in [3.05, 3.63) is 56.4 Å². The van der Waals surface area contributed by atoms with Crippen molar-refractivity contribution < 1.29 is 18.8 Å². The van der Waals surface area contributed by atoms with Crippen LogP contribution in [0.3, 0.4) is 0 Å². The van der Waals surface area contributed by atoms with Crippen molar-refractivity contribution in [2.24, 2.45) is 0 Å². The average Bonchev–Trinajstić information content (AvgIpc) is 3.42. The normalized spacial score (nSPS) is 23.6. The Kier molecular flexibility index (Phi) is 4.98. The van der Waals surface area contributed by atoms with Crippen LogP contribution in [0.5, 0.6) is 0 Å². The van der Waals surface area contributed by atoms with Gasteiger partial charge in [0.25, 0.3) is 5.91 Å². The molecule has 2 aromatic rings. The maximum atomic E-state index is 13.4. The molecular formula is C21H14ClFIN5O3. The summed E-state index contributed by atoms with van der Waals surface area (Å²) in [5, 5.41) is 11.7. The number of anilines is 2. The van der Waals surface area contributed by atoms with Gasteiger partial charge in [0.05, 0.1) is 28.4 Å². The van der Waals surface area contributed by atoms with E-state index >= 15 is 0 Å². The molecule has 32 heavy (non-hydrogen) atoms. The summed E-state index contributed by atoms with van der Waals surface area (Å²) in [6, 6.07) is 8.34. The van der Waals surface area contributed by atoms with Crippen molar-refractivity contribution in [2.45, 2.75) is 24.5 Å². The summed E-state index contributed by atoms with van der Waals surface area (Å²) in [5.41, 5.74) is 1.19. The maximum Gasteiger partial charge on any atom is 0.332 e. The fraction of sp³-hybridized carbons (Fsp3) is 0.238. The number of nitrogens with one attached hydrogen (secondary N) is 1. The van der Waals surface area contributed by atoms with E-state index in [9.17, 15) is 18.8 Å². The van der Waals surface area contributed by atoms with Gasteiger partial charge in [0, 0.05) is 15.8 Å². The average molecular weight is 566 g/mol. The summed E-state index contributed by atoms with van der Waals surface area (Å²) in [6.45, 7) is 0.291. The van der Waals surface area contributed by atoms with E-state index in [4.69, 9.17) is 16.9 Å². The van der Waals surface area contributed by atoms with Crippen LogP contribution in [0.15, 0.2) is 36.4 Å². The molecule has 0 aromatic heterocycles. The van der Waals surface area contributed by atoms with Crippen LogP contribution in [-0.2, 0) is 4.79 Å². The lowest BCUT2D eigenvalue weighted by atomic mass is 10.1. The Morgan fingerprint density at radius 2 is 2.03 bits per heavy atom. The molecule has 3 heterocycles. The van der Waals surface area contributed by atoms with Gasteiger partial charge in [-0.1, -0.05) is 11.6 Å². The smallest absolute Gasteiger partial charge is 0.317 e. The SMILES string of the molecule is N#Cc1ccc(N2C(=O)C3C4CC(CN4C(=O)Nc4ccc(F)c(Cl)c4)N3C2=O)cc1I. The number of amides is 5. The first-order chi connectivity index (χ1) is 15.3. The number of benzene rings is 2. The molecule has 5 rings (SSSR count). The van der Waals surface area contributed by atoms with Gasteiger partial charge in [0.2, 0.25) is 0 Å². The van der Waals surface area contributed by atoms with Crippen LogP contribution in [0.2, 0.25) is 5.02 Å². The van der Waals surface area contributed by atoms with Gasteiger partial charge in [-0.05, 0) is 65.4 Å². The van der Waals surface area contributed by atoms with Crippen LogP contribution in [0.25, 0.3) is 0 Å². The van der Waals surface area contributed by atoms with Gasteiger partial charge in [-0.2, -0.15) is 5.26 Å². The lowest BCUT2D eigenvalue weighted by molar-refractivity contribution is -0.120. The second-order valence-electron chi connectivity index (χ2n) is 7.75. The van der Waals surface area contributed by atoms with Crippen LogP contribution >= 0.6 is 34.2 Å². The second kappa shape index (κ2) is 7.60. The van der Waals surface area contributed by atoms with Gasteiger partial charge >= 0.3 is 12.1 Å². The van der Waals surface area contributed by atoms with E-state index in [0.717, 1.165) is 11.0 Å². The molecule has 8 nitrogen and oxygen atoms in total. The highest BCUT2D eigenvalue weighted by Gasteiger charge is 2.63. The van der Waals surface area contributed by atoms with Crippen LogP contribution in [0, 0.1) is 20.7 Å². The summed E-state index contributed by atoms with van der Waals surface area (Å²) in [6.07, 6.45) is 0.512. The number of carbonyl (C=O) groups excluding carboxylic acids is 3. The number of piperazine rings is 1. The quantitative estimate of drug-likeness (QED) is 0.443. The fourth-order valence-electron chi connectivity index (χ4n) is 4.63. The first-order valence-electron chi connectivity index (χ1n) is 9.68. The van der Waals surface area contributed by atoms with Crippen molar-refractivity contribution in [3.63, 3.8) is 0 Å². The van der Waals surface area contributed by atoms with Gasteiger partial charge in [0.1, 0.15) is 17.9 Å². The molecule has 3 unspecified atom stereocenters. The molecule has 11 heteroatoms. The molecule has 0 spiro atoms. The van der Waals surface area contributed by atoms with Crippen LogP contribution in [0.1, 0.15) is 12.0 Å². The highest BCUT2D eigenvalue weighted by Crippen LogP contribution is 2.42. The number of likely N-dealkylation sites (tertiary alicyclic amines) is 1. The lowest BCUT2D eigenvalue weighted by Gasteiger charge is -2.34. The van der Waals surface area contributed by atoms with Crippen molar-refractivity contribution in [1.29, 1.82) is 5.26 Å².